The zero-order valence-corrected chi connectivity index (χ0v) is 41.0. The van der Waals surface area contributed by atoms with E-state index < -0.39 is 0 Å². The van der Waals surface area contributed by atoms with E-state index in [0.29, 0.717) is 13.2 Å². The van der Waals surface area contributed by atoms with Gasteiger partial charge >= 0.3 is 0 Å². The van der Waals surface area contributed by atoms with Crippen LogP contribution in [0.4, 0.5) is 0 Å². The number of thioether (sulfide) groups is 2. The lowest BCUT2D eigenvalue weighted by molar-refractivity contribution is 0.0188. The number of rotatable bonds is 19. The molecule has 1 fully saturated rings. The fraction of sp³-hybridized carbons (Fsp3) is 0.538. The largest absolute Gasteiger partial charge is 0.458 e. The maximum atomic E-state index is 6.71. The number of hydrogen-bond donors (Lipinski definition) is 0. The molecule has 4 aromatic rings. The van der Waals surface area contributed by atoms with E-state index in [2.05, 4.69) is 119 Å². The standard InChI is InChI=1S/C52H73NO6S2/c1-48(2,3)42-32-40(33-43(49(4,5)6)46(42)58-36-56-38-20-16-14-17-21-38)60-52(12,13)61-41-34-44(50(7,8)9)47(59-37-57-39-22-18-15-19-23-39)45(35-41)51(10,11)24-28-54-29-25-53-26-30-55-31-27-53/h14-23,32-35H,24-31,36-37H2,1-13H3. The summed E-state index contributed by atoms with van der Waals surface area (Å²) in [5.41, 5.74) is 3.90. The van der Waals surface area contributed by atoms with Crippen LogP contribution in [-0.2, 0) is 31.1 Å². The molecule has 0 amide bonds. The first-order chi connectivity index (χ1) is 28.6. The third kappa shape index (κ3) is 14.6. The molecular formula is C52H73NO6S2. The molecule has 0 unspecified atom stereocenters. The summed E-state index contributed by atoms with van der Waals surface area (Å²) in [7, 11) is 0. The van der Waals surface area contributed by atoms with Crippen LogP contribution in [0.25, 0.3) is 0 Å². The van der Waals surface area contributed by atoms with Crippen molar-refractivity contribution in [3.8, 4) is 23.0 Å². The summed E-state index contributed by atoms with van der Waals surface area (Å²) in [4.78, 5) is 4.84. The van der Waals surface area contributed by atoms with Gasteiger partial charge in [-0.05, 0) is 90.5 Å². The molecule has 334 valence electrons. The van der Waals surface area contributed by atoms with Gasteiger partial charge in [0.05, 0.1) is 23.9 Å². The Labute approximate surface area is 377 Å². The summed E-state index contributed by atoms with van der Waals surface area (Å²) in [6.45, 7) is 35.7. The van der Waals surface area contributed by atoms with Gasteiger partial charge in [0.1, 0.15) is 23.0 Å². The molecule has 0 bridgehead atoms. The van der Waals surface area contributed by atoms with Crippen LogP contribution in [0.3, 0.4) is 0 Å². The quantitative estimate of drug-likeness (QED) is 0.0521. The Morgan fingerprint density at radius 1 is 0.525 bits per heavy atom. The third-order valence-electron chi connectivity index (χ3n) is 10.9. The summed E-state index contributed by atoms with van der Waals surface area (Å²) < 4.78 is 37.0. The van der Waals surface area contributed by atoms with Crippen LogP contribution in [-0.4, -0.2) is 68.6 Å². The Balaban J connectivity index is 1.44. The Morgan fingerprint density at radius 2 is 0.934 bits per heavy atom. The molecular weight excluding hydrogens is 799 g/mol. The molecule has 1 saturated heterocycles. The highest BCUT2D eigenvalue weighted by molar-refractivity contribution is 8.18. The zero-order chi connectivity index (χ0) is 44.5. The molecule has 0 aliphatic carbocycles. The number of nitrogens with zero attached hydrogens (tertiary/aromatic N) is 1. The van der Waals surface area contributed by atoms with Crippen molar-refractivity contribution in [2.75, 3.05) is 59.6 Å². The molecule has 0 aromatic heterocycles. The van der Waals surface area contributed by atoms with Gasteiger partial charge < -0.3 is 28.4 Å². The topological polar surface area (TPSA) is 58.6 Å². The summed E-state index contributed by atoms with van der Waals surface area (Å²) in [5.74, 6) is 3.37. The summed E-state index contributed by atoms with van der Waals surface area (Å²) in [6.07, 6.45) is 0.845. The van der Waals surface area contributed by atoms with Crippen LogP contribution in [0.15, 0.2) is 94.7 Å². The van der Waals surface area contributed by atoms with Gasteiger partial charge in [0.2, 0.25) is 13.6 Å². The molecule has 1 heterocycles. The zero-order valence-electron chi connectivity index (χ0n) is 39.4. The SMILES string of the molecule is CC(C)(Sc1cc(C(C)(C)C)c(OCOc2ccccc2)c(C(C)(C)C)c1)Sc1cc(C(C)(C)C)c(OCOc2ccccc2)c(C(C)(C)CCOCCN2CCOCC2)c1. The van der Waals surface area contributed by atoms with E-state index in [1.54, 1.807) is 0 Å². The highest BCUT2D eigenvalue weighted by atomic mass is 32.2. The lowest BCUT2D eigenvalue weighted by Gasteiger charge is -2.34. The third-order valence-corrected chi connectivity index (χ3v) is 13.3. The average Bonchev–Trinajstić information content (AvgIpc) is 3.18. The van der Waals surface area contributed by atoms with Crippen LogP contribution < -0.4 is 18.9 Å². The lowest BCUT2D eigenvalue weighted by Crippen LogP contribution is -2.38. The van der Waals surface area contributed by atoms with E-state index in [-0.39, 0.29) is 39.3 Å². The molecule has 7 nitrogen and oxygen atoms in total. The molecule has 0 N–H and O–H groups in total. The number of benzene rings is 4. The highest BCUT2D eigenvalue weighted by Gasteiger charge is 2.34. The van der Waals surface area contributed by atoms with Gasteiger partial charge in [0.15, 0.2) is 0 Å². The molecule has 5 rings (SSSR count). The van der Waals surface area contributed by atoms with Crippen LogP contribution in [0.5, 0.6) is 23.0 Å². The van der Waals surface area contributed by atoms with E-state index in [9.17, 15) is 0 Å². The van der Waals surface area contributed by atoms with Crippen LogP contribution >= 0.6 is 23.5 Å². The van der Waals surface area contributed by atoms with Crippen LogP contribution in [0.1, 0.15) is 119 Å². The van der Waals surface area contributed by atoms with Gasteiger partial charge in [-0.25, -0.2) is 0 Å². The van der Waals surface area contributed by atoms with Gasteiger partial charge in [-0.1, -0.05) is 113 Å². The Hall–Kier alpha value is -3.34. The fourth-order valence-electron chi connectivity index (χ4n) is 7.32. The van der Waals surface area contributed by atoms with Crippen molar-refractivity contribution in [2.45, 2.75) is 132 Å². The first-order valence-electron chi connectivity index (χ1n) is 21.9. The minimum Gasteiger partial charge on any atom is -0.458 e. The van der Waals surface area contributed by atoms with E-state index >= 15 is 0 Å². The normalized spacial score (nSPS) is 14.5. The fourth-order valence-corrected chi connectivity index (χ4v) is 9.91. The second kappa shape index (κ2) is 20.9. The van der Waals surface area contributed by atoms with Crippen molar-refractivity contribution >= 4 is 23.5 Å². The molecule has 0 saturated carbocycles. The smallest absolute Gasteiger partial charge is 0.230 e. The number of para-hydroxylation sites is 2. The van der Waals surface area contributed by atoms with E-state index in [0.717, 1.165) is 67.8 Å². The first-order valence-corrected chi connectivity index (χ1v) is 23.5. The van der Waals surface area contributed by atoms with Crippen molar-refractivity contribution in [2.24, 2.45) is 0 Å². The molecule has 0 atom stereocenters. The molecule has 61 heavy (non-hydrogen) atoms. The van der Waals surface area contributed by atoms with Crippen LogP contribution in [0.2, 0.25) is 0 Å². The minimum atomic E-state index is -0.252. The monoisotopic (exact) mass is 871 g/mol. The predicted octanol–water partition coefficient (Wildman–Crippen LogP) is 13.0. The summed E-state index contributed by atoms with van der Waals surface area (Å²) >= 11 is 3.80. The Kier molecular flexibility index (Phi) is 16.7. The lowest BCUT2D eigenvalue weighted by atomic mass is 9.77. The summed E-state index contributed by atoms with van der Waals surface area (Å²) in [6, 6.07) is 29.1. The van der Waals surface area contributed by atoms with Crippen molar-refractivity contribution in [1.29, 1.82) is 0 Å². The van der Waals surface area contributed by atoms with E-state index in [1.807, 2.05) is 84.2 Å². The molecule has 1 aliphatic rings. The average molecular weight is 872 g/mol. The Morgan fingerprint density at radius 3 is 1.36 bits per heavy atom. The maximum Gasteiger partial charge on any atom is 0.230 e. The van der Waals surface area contributed by atoms with Gasteiger partial charge in [0, 0.05) is 58.3 Å². The number of hydrogen-bond acceptors (Lipinski definition) is 9. The van der Waals surface area contributed by atoms with E-state index in [1.165, 1.54) is 26.5 Å². The van der Waals surface area contributed by atoms with E-state index in [4.69, 9.17) is 28.4 Å². The minimum absolute atomic E-state index is 0.115. The first kappa shape index (κ1) is 48.7. The van der Waals surface area contributed by atoms with Gasteiger partial charge in [-0.2, -0.15) is 0 Å². The van der Waals surface area contributed by atoms with Crippen LogP contribution in [0, 0.1) is 0 Å². The van der Waals surface area contributed by atoms with Gasteiger partial charge in [0.25, 0.3) is 0 Å². The van der Waals surface area contributed by atoms with Crippen molar-refractivity contribution < 1.29 is 28.4 Å². The second-order valence-corrected chi connectivity index (χ2v) is 23.8. The summed E-state index contributed by atoms with van der Waals surface area (Å²) in [5, 5.41) is 0. The Bertz CT molecular complexity index is 1940. The van der Waals surface area contributed by atoms with Crippen molar-refractivity contribution in [1.82, 2.24) is 4.90 Å². The van der Waals surface area contributed by atoms with Gasteiger partial charge in [-0.3, -0.25) is 4.90 Å². The molecule has 0 spiro atoms. The molecule has 9 heteroatoms. The van der Waals surface area contributed by atoms with Crippen molar-refractivity contribution in [3.05, 3.63) is 107 Å². The molecule has 0 radical (unpaired) electrons. The number of ether oxygens (including phenoxy) is 6. The molecule has 1 aliphatic heterocycles. The molecule has 4 aromatic carbocycles. The maximum absolute atomic E-state index is 6.71. The predicted molar refractivity (Wildman–Crippen MR) is 256 cm³/mol. The highest BCUT2D eigenvalue weighted by Crippen LogP contribution is 2.51. The number of morpholine rings is 1. The van der Waals surface area contributed by atoms with Gasteiger partial charge in [-0.15, -0.1) is 23.5 Å². The van der Waals surface area contributed by atoms with Crippen molar-refractivity contribution in [3.63, 3.8) is 0 Å². The second-order valence-electron chi connectivity index (χ2n) is 20.2.